The van der Waals surface area contributed by atoms with Gasteiger partial charge in [-0.2, -0.15) is 0 Å². The molecule has 0 atom stereocenters. The summed E-state index contributed by atoms with van der Waals surface area (Å²) in [6.45, 7) is 2.74. The molecule has 5 nitrogen and oxygen atoms in total. The topological polar surface area (TPSA) is 72.5 Å². The van der Waals surface area contributed by atoms with Crippen molar-refractivity contribution in [3.05, 3.63) is 28.3 Å². The van der Waals surface area contributed by atoms with E-state index in [1.807, 2.05) is 0 Å². The van der Waals surface area contributed by atoms with Gasteiger partial charge in [-0.05, 0) is 37.5 Å². The number of unbranched alkanes of at least 4 members (excludes halogenated alkanes) is 1. The summed E-state index contributed by atoms with van der Waals surface area (Å²) >= 11 is 5.95. The lowest BCUT2D eigenvalue weighted by molar-refractivity contribution is 0.0950. The zero-order valence-electron chi connectivity index (χ0n) is 11.8. The number of carbonyl (C=O) groups is 1. The van der Waals surface area contributed by atoms with Crippen molar-refractivity contribution >= 4 is 37.2 Å². The molecule has 0 bridgehead atoms. The molecular formula is C13H17Cl2NO4S. The first kappa shape index (κ1) is 18.2. The molecule has 1 aromatic rings. The Balaban J connectivity index is 2.86. The fourth-order valence-corrected chi connectivity index (χ4v) is 2.77. The van der Waals surface area contributed by atoms with Gasteiger partial charge in [-0.1, -0.05) is 11.6 Å². The fourth-order valence-electron chi connectivity index (χ4n) is 1.70. The zero-order chi connectivity index (χ0) is 16.0. The van der Waals surface area contributed by atoms with Crippen LogP contribution in [0.5, 0.6) is 0 Å². The molecule has 8 heteroatoms. The highest BCUT2D eigenvalue weighted by Crippen LogP contribution is 2.26. The molecule has 0 radical (unpaired) electrons. The van der Waals surface area contributed by atoms with E-state index >= 15 is 0 Å². The van der Waals surface area contributed by atoms with Crippen LogP contribution in [0.4, 0.5) is 0 Å². The maximum Gasteiger partial charge on any atom is 0.261 e. The highest BCUT2D eigenvalue weighted by molar-refractivity contribution is 8.13. The second-order valence-corrected chi connectivity index (χ2v) is 7.44. The summed E-state index contributed by atoms with van der Waals surface area (Å²) in [5, 5.41) is 2.90. The van der Waals surface area contributed by atoms with Gasteiger partial charge in [0.25, 0.3) is 15.0 Å². The third-order valence-electron chi connectivity index (χ3n) is 2.90. The van der Waals surface area contributed by atoms with Gasteiger partial charge in [0.2, 0.25) is 0 Å². The standard InChI is InChI=1S/C13H17Cl2NO4S/c1-9-11(13(17)16-5-3-4-6-20-2)7-10(8-12(9)14)21(15,18)19/h7-8H,3-6H2,1-2H3,(H,16,17). The SMILES string of the molecule is COCCCCNC(=O)c1cc(S(=O)(=O)Cl)cc(Cl)c1C. The smallest absolute Gasteiger partial charge is 0.261 e. The van der Waals surface area contributed by atoms with Crippen molar-refractivity contribution in [3.63, 3.8) is 0 Å². The van der Waals surface area contributed by atoms with Crippen molar-refractivity contribution < 1.29 is 17.9 Å². The number of benzene rings is 1. The Hall–Kier alpha value is -0.820. The van der Waals surface area contributed by atoms with Crippen molar-refractivity contribution in [3.8, 4) is 0 Å². The summed E-state index contributed by atoms with van der Waals surface area (Å²) in [5.74, 6) is -0.381. The molecule has 0 aliphatic rings. The number of carbonyl (C=O) groups excluding carboxylic acids is 1. The predicted octanol–water partition coefficient (Wildman–Crippen LogP) is 2.73. The van der Waals surface area contributed by atoms with Crippen LogP contribution in [0.25, 0.3) is 0 Å². The maximum absolute atomic E-state index is 12.1. The molecule has 118 valence electrons. The summed E-state index contributed by atoms with van der Waals surface area (Å²) in [7, 11) is 2.96. The van der Waals surface area contributed by atoms with Crippen LogP contribution in [0.1, 0.15) is 28.8 Å². The van der Waals surface area contributed by atoms with Gasteiger partial charge in [0.15, 0.2) is 0 Å². The van der Waals surface area contributed by atoms with E-state index in [0.717, 1.165) is 12.8 Å². The summed E-state index contributed by atoms with van der Waals surface area (Å²) in [4.78, 5) is 11.9. The summed E-state index contributed by atoms with van der Waals surface area (Å²) in [6, 6.07) is 2.46. The molecule has 0 saturated carbocycles. The third kappa shape index (κ3) is 5.47. The Labute approximate surface area is 134 Å². The number of nitrogens with one attached hydrogen (secondary N) is 1. The van der Waals surface area contributed by atoms with Gasteiger partial charge in [-0.15, -0.1) is 0 Å². The molecule has 0 aromatic heterocycles. The number of hydrogen-bond acceptors (Lipinski definition) is 4. The molecule has 1 amide bonds. The highest BCUT2D eigenvalue weighted by Gasteiger charge is 2.18. The van der Waals surface area contributed by atoms with Crippen molar-refractivity contribution in [1.82, 2.24) is 5.32 Å². The van der Waals surface area contributed by atoms with Crippen molar-refractivity contribution in [1.29, 1.82) is 0 Å². The molecule has 0 heterocycles. The van der Waals surface area contributed by atoms with E-state index < -0.39 is 9.05 Å². The van der Waals surface area contributed by atoms with Crippen LogP contribution in [0, 0.1) is 6.92 Å². The lowest BCUT2D eigenvalue weighted by Gasteiger charge is -2.10. The van der Waals surface area contributed by atoms with E-state index in [2.05, 4.69) is 5.32 Å². The summed E-state index contributed by atoms with van der Waals surface area (Å²) < 4.78 is 27.6. The van der Waals surface area contributed by atoms with E-state index in [0.29, 0.717) is 18.7 Å². The van der Waals surface area contributed by atoms with Crippen LogP contribution in [0.2, 0.25) is 5.02 Å². The van der Waals surface area contributed by atoms with E-state index in [4.69, 9.17) is 27.0 Å². The van der Waals surface area contributed by atoms with Crippen LogP contribution < -0.4 is 5.32 Å². The minimum Gasteiger partial charge on any atom is -0.385 e. The number of rotatable bonds is 7. The molecule has 0 unspecified atom stereocenters. The second-order valence-electron chi connectivity index (χ2n) is 4.47. The van der Waals surface area contributed by atoms with Crippen molar-refractivity contribution in [2.24, 2.45) is 0 Å². The Morgan fingerprint density at radius 1 is 1.33 bits per heavy atom. The van der Waals surface area contributed by atoms with Crippen molar-refractivity contribution in [2.45, 2.75) is 24.7 Å². The fraction of sp³-hybridized carbons (Fsp3) is 0.462. The van der Waals surface area contributed by atoms with E-state index in [-0.39, 0.29) is 21.4 Å². The predicted molar refractivity (Wildman–Crippen MR) is 82.7 cm³/mol. The second kappa shape index (κ2) is 7.98. The summed E-state index contributed by atoms with van der Waals surface area (Å²) in [5.41, 5.74) is 0.712. The molecule has 0 aliphatic heterocycles. The van der Waals surface area contributed by atoms with E-state index in [1.165, 1.54) is 12.1 Å². The Morgan fingerprint density at radius 2 is 2.00 bits per heavy atom. The normalized spacial score (nSPS) is 11.4. The quantitative estimate of drug-likeness (QED) is 0.604. The first-order valence-corrected chi connectivity index (χ1v) is 8.98. The minimum atomic E-state index is -3.94. The highest BCUT2D eigenvalue weighted by atomic mass is 35.7. The number of amides is 1. The first-order chi connectivity index (χ1) is 9.77. The molecule has 0 saturated heterocycles. The largest absolute Gasteiger partial charge is 0.385 e. The van der Waals surface area contributed by atoms with Crippen LogP contribution in [-0.2, 0) is 13.8 Å². The lowest BCUT2D eigenvalue weighted by atomic mass is 10.1. The zero-order valence-corrected chi connectivity index (χ0v) is 14.1. The van der Waals surface area contributed by atoms with Gasteiger partial charge in [0.1, 0.15) is 0 Å². The Bertz CT molecular complexity index is 617. The monoisotopic (exact) mass is 353 g/mol. The molecule has 0 aliphatic carbocycles. The van der Waals surface area contributed by atoms with Gasteiger partial charge in [0, 0.05) is 41.5 Å². The Morgan fingerprint density at radius 3 is 2.57 bits per heavy atom. The molecule has 21 heavy (non-hydrogen) atoms. The van der Waals surface area contributed by atoms with Gasteiger partial charge in [-0.25, -0.2) is 8.42 Å². The average molecular weight is 354 g/mol. The number of ether oxygens (including phenoxy) is 1. The molecule has 0 spiro atoms. The van der Waals surface area contributed by atoms with Crippen LogP contribution >= 0.6 is 22.3 Å². The average Bonchev–Trinajstić information content (AvgIpc) is 2.40. The molecular weight excluding hydrogens is 337 g/mol. The number of methoxy groups -OCH3 is 1. The van der Waals surface area contributed by atoms with Gasteiger partial charge < -0.3 is 10.1 Å². The van der Waals surface area contributed by atoms with Crippen LogP contribution in [-0.4, -0.2) is 34.6 Å². The van der Waals surface area contributed by atoms with Crippen LogP contribution in [0.3, 0.4) is 0 Å². The van der Waals surface area contributed by atoms with Gasteiger partial charge in [-0.3, -0.25) is 4.79 Å². The molecule has 1 aromatic carbocycles. The van der Waals surface area contributed by atoms with Crippen LogP contribution in [0.15, 0.2) is 17.0 Å². The molecule has 1 N–H and O–H groups in total. The minimum absolute atomic E-state index is 0.182. The van der Waals surface area contributed by atoms with Gasteiger partial charge >= 0.3 is 0 Å². The van der Waals surface area contributed by atoms with Gasteiger partial charge in [0.05, 0.1) is 4.90 Å². The van der Waals surface area contributed by atoms with Crippen molar-refractivity contribution in [2.75, 3.05) is 20.3 Å². The number of hydrogen-bond donors (Lipinski definition) is 1. The summed E-state index contributed by atoms with van der Waals surface area (Å²) in [6.07, 6.45) is 1.59. The number of halogens is 2. The van der Waals surface area contributed by atoms with E-state index in [1.54, 1.807) is 14.0 Å². The maximum atomic E-state index is 12.1. The molecule has 1 rings (SSSR count). The first-order valence-electron chi connectivity index (χ1n) is 6.29. The Kier molecular flexibility index (Phi) is 6.93. The third-order valence-corrected chi connectivity index (χ3v) is 4.63. The lowest BCUT2D eigenvalue weighted by Crippen LogP contribution is -2.25. The molecule has 0 fully saturated rings. The van der Waals surface area contributed by atoms with E-state index in [9.17, 15) is 13.2 Å².